The van der Waals surface area contributed by atoms with Crippen molar-refractivity contribution >= 4 is 10.9 Å². The fraction of sp³-hybridized carbons (Fsp3) is 0.467. The summed E-state index contributed by atoms with van der Waals surface area (Å²) in [5.74, 6) is 0. The van der Waals surface area contributed by atoms with E-state index in [-0.39, 0.29) is 5.41 Å². The van der Waals surface area contributed by atoms with Crippen molar-refractivity contribution in [1.29, 1.82) is 0 Å². The quantitative estimate of drug-likeness (QED) is 0.854. The number of aryl methyl sites for hydroxylation is 1. The molecule has 92 valence electrons. The van der Waals surface area contributed by atoms with Crippen molar-refractivity contribution in [1.82, 2.24) is 9.88 Å². The van der Waals surface area contributed by atoms with Crippen molar-refractivity contribution in [2.24, 2.45) is 7.05 Å². The van der Waals surface area contributed by atoms with E-state index in [1.54, 1.807) is 0 Å². The van der Waals surface area contributed by atoms with E-state index in [0.29, 0.717) is 0 Å². The van der Waals surface area contributed by atoms with Crippen LogP contribution in [0.15, 0.2) is 30.5 Å². The fourth-order valence-electron chi connectivity index (χ4n) is 2.45. The van der Waals surface area contributed by atoms with Crippen LogP contribution in [0.4, 0.5) is 0 Å². The Bertz CT molecular complexity index is 509. The van der Waals surface area contributed by atoms with Gasteiger partial charge in [0, 0.05) is 24.1 Å². The average molecular weight is 230 g/mol. The maximum Gasteiger partial charge on any atom is 0.0480 e. The SMILES string of the molecule is CNCCC(C)(C)c1cn(C)c2ccccc12. The minimum Gasteiger partial charge on any atom is -0.350 e. The topological polar surface area (TPSA) is 17.0 Å². The highest BCUT2D eigenvalue weighted by atomic mass is 14.9. The lowest BCUT2D eigenvalue weighted by molar-refractivity contribution is 0.471. The smallest absolute Gasteiger partial charge is 0.0480 e. The Morgan fingerprint density at radius 1 is 1.24 bits per heavy atom. The zero-order valence-corrected chi connectivity index (χ0v) is 11.2. The van der Waals surface area contributed by atoms with Gasteiger partial charge < -0.3 is 9.88 Å². The van der Waals surface area contributed by atoms with E-state index in [1.165, 1.54) is 16.5 Å². The molecule has 1 aromatic heterocycles. The van der Waals surface area contributed by atoms with Crippen molar-refractivity contribution in [2.45, 2.75) is 25.7 Å². The van der Waals surface area contributed by atoms with Gasteiger partial charge in [0.2, 0.25) is 0 Å². The Morgan fingerprint density at radius 2 is 1.94 bits per heavy atom. The summed E-state index contributed by atoms with van der Waals surface area (Å²) < 4.78 is 2.23. The van der Waals surface area contributed by atoms with Crippen LogP contribution in [0.2, 0.25) is 0 Å². The molecular weight excluding hydrogens is 208 g/mol. The Labute approximate surface area is 104 Å². The van der Waals surface area contributed by atoms with Gasteiger partial charge in [-0.05, 0) is 37.1 Å². The van der Waals surface area contributed by atoms with Crippen LogP contribution in [0.1, 0.15) is 25.8 Å². The minimum atomic E-state index is 0.212. The van der Waals surface area contributed by atoms with Crippen LogP contribution >= 0.6 is 0 Å². The molecule has 0 radical (unpaired) electrons. The molecule has 0 aliphatic rings. The molecule has 0 unspecified atom stereocenters. The maximum absolute atomic E-state index is 3.24. The molecule has 0 spiro atoms. The second kappa shape index (κ2) is 4.53. The molecule has 0 bridgehead atoms. The molecule has 17 heavy (non-hydrogen) atoms. The molecule has 0 aliphatic carbocycles. The molecule has 2 heteroatoms. The summed E-state index contributed by atoms with van der Waals surface area (Å²) in [7, 11) is 4.14. The maximum atomic E-state index is 3.24. The summed E-state index contributed by atoms with van der Waals surface area (Å²) in [6.07, 6.45) is 3.43. The van der Waals surface area contributed by atoms with Gasteiger partial charge in [-0.2, -0.15) is 0 Å². The van der Waals surface area contributed by atoms with Crippen molar-refractivity contribution < 1.29 is 0 Å². The van der Waals surface area contributed by atoms with Gasteiger partial charge in [-0.15, -0.1) is 0 Å². The number of hydrogen-bond donors (Lipinski definition) is 1. The second-order valence-electron chi connectivity index (χ2n) is 5.41. The Kier molecular flexibility index (Phi) is 3.25. The van der Waals surface area contributed by atoms with E-state index in [0.717, 1.165) is 13.0 Å². The number of nitrogens with zero attached hydrogens (tertiary/aromatic N) is 1. The largest absolute Gasteiger partial charge is 0.350 e. The summed E-state index contributed by atoms with van der Waals surface area (Å²) in [5, 5.41) is 4.63. The lowest BCUT2D eigenvalue weighted by Gasteiger charge is -2.24. The molecule has 0 amide bonds. The van der Waals surface area contributed by atoms with Crippen molar-refractivity contribution in [3.05, 3.63) is 36.0 Å². The third-order valence-corrected chi connectivity index (χ3v) is 3.63. The molecule has 1 N–H and O–H groups in total. The van der Waals surface area contributed by atoms with Crippen LogP contribution in [-0.2, 0) is 12.5 Å². The number of benzene rings is 1. The Balaban J connectivity index is 2.48. The Hall–Kier alpha value is -1.28. The van der Waals surface area contributed by atoms with Gasteiger partial charge in [-0.25, -0.2) is 0 Å². The van der Waals surface area contributed by atoms with Gasteiger partial charge in [-0.1, -0.05) is 32.0 Å². The highest BCUT2D eigenvalue weighted by molar-refractivity contribution is 5.84. The van der Waals surface area contributed by atoms with E-state index >= 15 is 0 Å². The molecule has 1 heterocycles. The zero-order valence-electron chi connectivity index (χ0n) is 11.2. The summed E-state index contributed by atoms with van der Waals surface area (Å²) >= 11 is 0. The normalized spacial score (nSPS) is 12.2. The molecule has 0 fully saturated rings. The lowest BCUT2D eigenvalue weighted by Crippen LogP contribution is -2.23. The minimum absolute atomic E-state index is 0.212. The van der Waals surface area contributed by atoms with Gasteiger partial charge in [-0.3, -0.25) is 0 Å². The van der Waals surface area contributed by atoms with Crippen molar-refractivity contribution in [3.63, 3.8) is 0 Å². The number of para-hydroxylation sites is 1. The first-order valence-corrected chi connectivity index (χ1v) is 6.25. The summed E-state index contributed by atoms with van der Waals surface area (Å²) in [6, 6.07) is 8.64. The molecule has 2 rings (SSSR count). The first-order chi connectivity index (χ1) is 8.06. The number of fused-ring (bicyclic) bond motifs is 1. The average Bonchev–Trinajstić information content (AvgIpc) is 2.66. The number of rotatable bonds is 4. The van der Waals surface area contributed by atoms with Gasteiger partial charge >= 0.3 is 0 Å². The zero-order chi connectivity index (χ0) is 12.5. The van der Waals surface area contributed by atoms with E-state index in [1.807, 2.05) is 7.05 Å². The predicted octanol–water partition coefficient (Wildman–Crippen LogP) is 3.07. The van der Waals surface area contributed by atoms with E-state index < -0.39 is 0 Å². The van der Waals surface area contributed by atoms with Gasteiger partial charge in [0.15, 0.2) is 0 Å². The highest BCUT2D eigenvalue weighted by Crippen LogP contribution is 2.33. The van der Waals surface area contributed by atoms with Crippen LogP contribution in [0.3, 0.4) is 0 Å². The summed E-state index contributed by atoms with van der Waals surface area (Å²) in [4.78, 5) is 0. The van der Waals surface area contributed by atoms with Crippen LogP contribution < -0.4 is 5.32 Å². The first-order valence-electron chi connectivity index (χ1n) is 6.25. The molecule has 2 aromatic rings. The molecule has 0 saturated carbocycles. The molecule has 2 nitrogen and oxygen atoms in total. The van der Waals surface area contributed by atoms with Crippen molar-refractivity contribution in [2.75, 3.05) is 13.6 Å². The molecule has 0 saturated heterocycles. The fourth-order valence-corrected chi connectivity index (χ4v) is 2.45. The summed E-state index contributed by atoms with van der Waals surface area (Å²) in [6.45, 7) is 5.70. The molecule has 1 aromatic carbocycles. The van der Waals surface area contributed by atoms with Crippen molar-refractivity contribution in [3.8, 4) is 0 Å². The number of aromatic nitrogens is 1. The van der Waals surface area contributed by atoms with Crippen LogP contribution in [0.5, 0.6) is 0 Å². The van der Waals surface area contributed by atoms with E-state index in [9.17, 15) is 0 Å². The number of nitrogens with one attached hydrogen (secondary N) is 1. The van der Waals surface area contributed by atoms with E-state index in [4.69, 9.17) is 0 Å². The predicted molar refractivity (Wildman–Crippen MR) is 74.5 cm³/mol. The third kappa shape index (κ3) is 2.22. The summed E-state index contributed by atoms with van der Waals surface area (Å²) in [5.41, 5.74) is 2.98. The third-order valence-electron chi connectivity index (χ3n) is 3.63. The number of hydrogen-bond acceptors (Lipinski definition) is 1. The van der Waals surface area contributed by atoms with Crippen LogP contribution in [0, 0.1) is 0 Å². The van der Waals surface area contributed by atoms with Gasteiger partial charge in [0.25, 0.3) is 0 Å². The molecule has 0 aliphatic heterocycles. The first kappa shape index (κ1) is 12.2. The molecule has 0 atom stereocenters. The lowest BCUT2D eigenvalue weighted by atomic mass is 9.81. The van der Waals surface area contributed by atoms with Gasteiger partial charge in [0.1, 0.15) is 0 Å². The molecular formula is C15H22N2. The monoisotopic (exact) mass is 230 g/mol. The second-order valence-corrected chi connectivity index (χ2v) is 5.41. The van der Waals surface area contributed by atoms with Gasteiger partial charge in [0.05, 0.1) is 0 Å². The van der Waals surface area contributed by atoms with Crippen LogP contribution in [0.25, 0.3) is 10.9 Å². The standard InChI is InChI=1S/C15H22N2/c1-15(2,9-10-16-3)13-11-17(4)14-8-6-5-7-12(13)14/h5-8,11,16H,9-10H2,1-4H3. The highest BCUT2D eigenvalue weighted by Gasteiger charge is 2.23. The van der Waals surface area contributed by atoms with E-state index in [2.05, 4.69) is 61.2 Å². The van der Waals surface area contributed by atoms with Crippen LogP contribution in [-0.4, -0.2) is 18.2 Å². The Morgan fingerprint density at radius 3 is 2.65 bits per heavy atom.